The van der Waals surface area contributed by atoms with Crippen molar-refractivity contribution >= 4 is 36.6 Å². The summed E-state index contributed by atoms with van der Waals surface area (Å²) in [6.07, 6.45) is -0.262. The first-order chi connectivity index (χ1) is 18.0. The standard InChI is InChI=1S/C26H37N5O6Si/c1-9-31(13-12-27-3)26-29-24(34-4)21(25(30-26)35-5)28-23(33)22-18(32)15-20(37-22)36-19-14-17(38(6,7)8)11-10-16(19)2/h10-11,14-15,22,27H,9,12-13H2,1-8H3,(H,28,33). The molecule has 206 valence electrons. The fourth-order valence-electron chi connectivity index (χ4n) is 3.71. The molecule has 0 bridgehead atoms. The Hall–Kier alpha value is -3.64. The van der Waals surface area contributed by atoms with Crippen LogP contribution in [0.4, 0.5) is 11.6 Å². The average Bonchev–Trinajstić information content (AvgIpc) is 3.25. The summed E-state index contributed by atoms with van der Waals surface area (Å²) in [5.74, 6) is -0.163. The summed E-state index contributed by atoms with van der Waals surface area (Å²) < 4.78 is 22.4. The highest BCUT2D eigenvalue weighted by Gasteiger charge is 2.37. The van der Waals surface area contributed by atoms with Gasteiger partial charge in [0.2, 0.25) is 29.6 Å². The molecule has 1 atom stereocenters. The number of rotatable bonds is 12. The maximum atomic E-state index is 13.1. The number of hydrogen-bond acceptors (Lipinski definition) is 10. The Labute approximate surface area is 224 Å². The Bertz CT molecular complexity index is 1190. The lowest BCUT2D eigenvalue weighted by Gasteiger charge is -2.23. The van der Waals surface area contributed by atoms with Gasteiger partial charge in [-0.15, -0.1) is 0 Å². The van der Waals surface area contributed by atoms with Gasteiger partial charge in [-0.2, -0.15) is 9.97 Å². The maximum Gasteiger partial charge on any atom is 0.289 e. The molecular weight excluding hydrogens is 506 g/mol. The number of methoxy groups -OCH3 is 2. The lowest BCUT2D eigenvalue weighted by atomic mass is 10.2. The third-order valence-electron chi connectivity index (χ3n) is 6.02. The number of likely N-dealkylation sites (N-methyl/N-ethyl adjacent to an activating group) is 2. The topological polar surface area (TPSA) is 124 Å². The number of aromatic nitrogens is 2. The molecule has 0 spiro atoms. The number of benzene rings is 1. The monoisotopic (exact) mass is 543 g/mol. The number of nitrogens with one attached hydrogen (secondary N) is 2. The lowest BCUT2D eigenvalue weighted by Crippen LogP contribution is -2.37. The van der Waals surface area contributed by atoms with Gasteiger partial charge in [0.25, 0.3) is 11.9 Å². The van der Waals surface area contributed by atoms with E-state index in [1.807, 2.05) is 37.9 Å². The molecule has 1 unspecified atom stereocenters. The van der Waals surface area contributed by atoms with Crippen LogP contribution in [0.1, 0.15) is 12.5 Å². The zero-order valence-corrected chi connectivity index (χ0v) is 24.3. The predicted octanol–water partition coefficient (Wildman–Crippen LogP) is 2.22. The van der Waals surface area contributed by atoms with E-state index in [2.05, 4.69) is 46.3 Å². The number of nitrogens with zero attached hydrogens (tertiary/aromatic N) is 3. The van der Waals surface area contributed by atoms with Crippen LogP contribution >= 0.6 is 0 Å². The van der Waals surface area contributed by atoms with Crippen molar-refractivity contribution in [3.05, 3.63) is 35.8 Å². The molecule has 1 aromatic carbocycles. The average molecular weight is 544 g/mol. The van der Waals surface area contributed by atoms with Gasteiger partial charge in [0.05, 0.1) is 28.4 Å². The number of carbonyl (C=O) groups excluding carboxylic acids is 2. The minimum atomic E-state index is -1.58. The first-order valence-corrected chi connectivity index (χ1v) is 15.9. The molecule has 1 aliphatic heterocycles. The second-order valence-electron chi connectivity index (χ2n) is 9.79. The zero-order chi connectivity index (χ0) is 28.0. The van der Waals surface area contributed by atoms with E-state index in [4.69, 9.17) is 18.9 Å². The molecule has 2 aromatic rings. The van der Waals surface area contributed by atoms with Crippen molar-refractivity contribution in [2.75, 3.05) is 51.1 Å². The van der Waals surface area contributed by atoms with E-state index in [9.17, 15) is 9.59 Å². The molecule has 3 rings (SSSR count). The first kappa shape index (κ1) is 28.9. The summed E-state index contributed by atoms with van der Waals surface area (Å²) in [6.45, 7) is 12.6. The molecule has 1 aromatic heterocycles. The summed E-state index contributed by atoms with van der Waals surface area (Å²) >= 11 is 0. The van der Waals surface area contributed by atoms with Crippen LogP contribution in [0.2, 0.25) is 19.6 Å². The number of ketones is 1. The summed E-state index contributed by atoms with van der Waals surface area (Å²) in [5, 5.41) is 6.92. The molecular formula is C26H37N5O6Si. The largest absolute Gasteiger partial charge is 0.479 e. The van der Waals surface area contributed by atoms with Crippen molar-refractivity contribution in [2.24, 2.45) is 0 Å². The quantitative estimate of drug-likeness (QED) is 0.304. The number of amides is 1. The second kappa shape index (κ2) is 12.3. The number of hydrogen-bond donors (Lipinski definition) is 2. The lowest BCUT2D eigenvalue weighted by molar-refractivity contribution is -0.134. The first-order valence-electron chi connectivity index (χ1n) is 12.4. The third-order valence-corrected chi connectivity index (χ3v) is 8.06. The predicted molar refractivity (Wildman–Crippen MR) is 148 cm³/mol. The van der Waals surface area contributed by atoms with Crippen molar-refractivity contribution in [2.45, 2.75) is 39.6 Å². The molecule has 1 amide bonds. The minimum absolute atomic E-state index is 0.0420. The highest BCUT2D eigenvalue weighted by Crippen LogP contribution is 2.34. The van der Waals surface area contributed by atoms with Gasteiger partial charge in [-0.1, -0.05) is 37.0 Å². The van der Waals surface area contributed by atoms with E-state index in [1.54, 1.807) is 0 Å². The van der Waals surface area contributed by atoms with E-state index in [0.717, 1.165) is 12.1 Å². The van der Waals surface area contributed by atoms with Gasteiger partial charge in [-0.25, -0.2) is 0 Å². The molecule has 0 radical (unpaired) electrons. The van der Waals surface area contributed by atoms with E-state index in [-0.39, 0.29) is 23.4 Å². The van der Waals surface area contributed by atoms with Crippen LogP contribution in [0.3, 0.4) is 0 Å². The SMILES string of the molecule is CCN(CCNC)c1nc(OC)c(NC(=O)C2OC(Oc3cc([Si](C)(C)C)ccc3C)=CC2=O)c(OC)n1. The molecule has 2 N–H and O–H groups in total. The summed E-state index contributed by atoms with van der Waals surface area (Å²) in [6, 6.07) is 6.04. The highest BCUT2D eigenvalue weighted by atomic mass is 28.3. The van der Waals surface area contributed by atoms with Gasteiger partial charge < -0.3 is 34.5 Å². The fraction of sp³-hybridized carbons (Fsp3) is 0.462. The highest BCUT2D eigenvalue weighted by molar-refractivity contribution is 6.88. The maximum absolute atomic E-state index is 13.1. The van der Waals surface area contributed by atoms with Crippen molar-refractivity contribution in [1.29, 1.82) is 0 Å². The zero-order valence-electron chi connectivity index (χ0n) is 23.3. The fourth-order valence-corrected chi connectivity index (χ4v) is 4.86. The number of carbonyl (C=O) groups is 2. The van der Waals surface area contributed by atoms with E-state index in [0.29, 0.717) is 24.8 Å². The van der Waals surface area contributed by atoms with Gasteiger partial charge in [-0.3, -0.25) is 9.59 Å². The normalized spacial score (nSPS) is 15.0. The minimum Gasteiger partial charge on any atom is -0.479 e. The Morgan fingerprint density at radius 1 is 1.16 bits per heavy atom. The van der Waals surface area contributed by atoms with Gasteiger partial charge in [0, 0.05) is 19.6 Å². The van der Waals surface area contributed by atoms with Crippen LogP contribution in [0, 0.1) is 6.92 Å². The molecule has 38 heavy (non-hydrogen) atoms. The van der Waals surface area contributed by atoms with Crippen LogP contribution < -0.4 is 34.9 Å². The van der Waals surface area contributed by atoms with Crippen LogP contribution in [0.15, 0.2) is 30.2 Å². The Balaban J connectivity index is 1.78. The second-order valence-corrected chi connectivity index (χ2v) is 14.9. The molecule has 1 aliphatic rings. The van der Waals surface area contributed by atoms with Gasteiger partial charge in [-0.05, 0) is 32.5 Å². The van der Waals surface area contributed by atoms with Crippen molar-refractivity contribution in [3.63, 3.8) is 0 Å². The number of ether oxygens (including phenoxy) is 4. The molecule has 0 saturated carbocycles. The van der Waals surface area contributed by atoms with Crippen molar-refractivity contribution in [3.8, 4) is 17.5 Å². The van der Waals surface area contributed by atoms with Crippen molar-refractivity contribution in [1.82, 2.24) is 15.3 Å². The summed E-state index contributed by atoms with van der Waals surface area (Å²) in [5.41, 5.74) is 0.984. The van der Waals surface area contributed by atoms with E-state index in [1.165, 1.54) is 25.5 Å². The van der Waals surface area contributed by atoms with Gasteiger partial charge in [0.15, 0.2) is 5.69 Å². The summed E-state index contributed by atoms with van der Waals surface area (Å²) in [4.78, 5) is 36.6. The van der Waals surface area contributed by atoms with Crippen molar-refractivity contribution < 1.29 is 28.5 Å². The Morgan fingerprint density at radius 2 is 1.82 bits per heavy atom. The third kappa shape index (κ3) is 6.61. The van der Waals surface area contributed by atoms with Crippen LogP contribution in [0.5, 0.6) is 17.5 Å². The number of aryl methyl sites for hydroxylation is 1. The number of anilines is 2. The molecule has 11 nitrogen and oxygen atoms in total. The molecule has 0 aliphatic carbocycles. The van der Waals surface area contributed by atoms with Crippen LogP contribution in [-0.4, -0.2) is 76.7 Å². The molecule has 0 saturated heterocycles. The molecule has 12 heteroatoms. The smallest absolute Gasteiger partial charge is 0.289 e. The Kier molecular flexibility index (Phi) is 9.34. The summed E-state index contributed by atoms with van der Waals surface area (Å²) in [7, 11) is 3.12. The van der Waals surface area contributed by atoms with Crippen LogP contribution in [0.25, 0.3) is 0 Å². The van der Waals surface area contributed by atoms with E-state index >= 15 is 0 Å². The van der Waals surface area contributed by atoms with Crippen LogP contribution in [-0.2, 0) is 14.3 Å². The Morgan fingerprint density at radius 3 is 2.37 bits per heavy atom. The van der Waals surface area contributed by atoms with E-state index < -0.39 is 25.9 Å². The van der Waals surface area contributed by atoms with Gasteiger partial charge in [0.1, 0.15) is 5.75 Å². The molecule has 0 fully saturated rings. The van der Waals surface area contributed by atoms with Gasteiger partial charge >= 0.3 is 0 Å². The molecule has 2 heterocycles.